The number of alkyl halides is 1. The van der Waals surface area contributed by atoms with Crippen LogP contribution in [0.1, 0.15) is 29.6 Å². The molecule has 1 aromatic carbocycles. The highest BCUT2D eigenvalue weighted by atomic mass is 79.9. The van der Waals surface area contributed by atoms with Gasteiger partial charge in [-0.05, 0) is 31.0 Å². The first-order valence-electron chi connectivity index (χ1n) is 6.89. The largest absolute Gasteiger partial charge is 0.497 e. The number of amides is 2. The lowest BCUT2D eigenvalue weighted by Gasteiger charge is -2.18. The lowest BCUT2D eigenvalue weighted by molar-refractivity contribution is -0.130. The molecule has 0 saturated carbocycles. The van der Waals surface area contributed by atoms with Crippen molar-refractivity contribution in [1.29, 1.82) is 0 Å². The van der Waals surface area contributed by atoms with Crippen LogP contribution in [0.5, 0.6) is 11.5 Å². The third kappa shape index (κ3) is 3.75. The molecule has 1 aromatic rings. The number of fused-ring (bicyclic) bond motifs is 1. The van der Waals surface area contributed by atoms with Crippen LogP contribution in [0.3, 0.4) is 0 Å². The number of carbonyl (C=O) groups is 2. The first kappa shape index (κ1) is 15.8. The van der Waals surface area contributed by atoms with Gasteiger partial charge in [-0.25, -0.2) is 0 Å². The van der Waals surface area contributed by atoms with Crippen molar-refractivity contribution in [2.45, 2.75) is 19.3 Å². The van der Waals surface area contributed by atoms with Crippen molar-refractivity contribution in [1.82, 2.24) is 4.90 Å². The number of carbonyl (C=O) groups excluding carboxylic acids is 2. The molecule has 114 valence electrons. The molecule has 1 aliphatic rings. The van der Waals surface area contributed by atoms with Gasteiger partial charge in [0.05, 0.1) is 12.7 Å². The van der Waals surface area contributed by atoms with Crippen LogP contribution in [0.2, 0.25) is 0 Å². The van der Waals surface area contributed by atoms with Crippen LogP contribution in [-0.4, -0.2) is 42.3 Å². The molecule has 21 heavy (non-hydrogen) atoms. The van der Waals surface area contributed by atoms with E-state index in [0.29, 0.717) is 23.6 Å². The average molecular weight is 356 g/mol. The second-order valence-corrected chi connectivity index (χ2v) is 5.54. The fraction of sp³-hybridized carbons (Fsp3) is 0.467. The Morgan fingerprint density at radius 3 is 2.81 bits per heavy atom. The maximum atomic E-state index is 12.5. The summed E-state index contributed by atoms with van der Waals surface area (Å²) in [6.07, 6.45) is 2.79. The van der Waals surface area contributed by atoms with Crippen LogP contribution in [0, 0.1) is 0 Å². The molecule has 6 heteroatoms. The highest BCUT2D eigenvalue weighted by molar-refractivity contribution is 9.09. The number of benzene rings is 1. The standard InChI is InChI=1S/C15H18BrNO4/c1-20-11-5-6-13-12(9-11)15(19)17(14(18)10-21-13)8-4-2-3-7-16/h5-6,9H,2-4,7-8,10H2,1H3. The molecule has 0 saturated heterocycles. The van der Waals surface area contributed by atoms with Gasteiger partial charge in [-0.1, -0.05) is 22.4 Å². The third-order valence-corrected chi connectivity index (χ3v) is 3.89. The van der Waals surface area contributed by atoms with Crippen molar-refractivity contribution in [3.05, 3.63) is 23.8 Å². The zero-order chi connectivity index (χ0) is 15.2. The van der Waals surface area contributed by atoms with E-state index < -0.39 is 0 Å². The summed E-state index contributed by atoms with van der Waals surface area (Å²) in [6, 6.07) is 4.98. The Labute approximate surface area is 132 Å². The van der Waals surface area contributed by atoms with Gasteiger partial charge in [0.15, 0.2) is 6.61 Å². The number of halogens is 1. The Morgan fingerprint density at radius 1 is 1.29 bits per heavy atom. The second kappa shape index (κ2) is 7.45. The maximum absolute atomic E-state index is 12.5. The van der Waals surface area contributed by atoms with E-state index in [9.17, 15) is 9.59 Å². The van der Waals surface area contributed by atoms with Gasteiger partial charge < -0.3 is 9.47 Å². The molecular formula is C15H18BrNO4. The van der Waals surface area contributed by atoms with Crippen molar-refractivity contribution in [2.75, 3.05) is 25.6 Å². The number of nitrogens with zero attached hydrogens (tertiary/aromatic N) is 1. The summed E-state index contributed by atoms with van der Waals surface area (Å²) in [7, 11) is 1.53. The molecule has 1 aliphatic heterocycles. The van der Waals surface area contributed by atoms with Crippen molar-refractivity contribution >= 4 is 27.7 Å². The molecule has 0 N–H and O–H groups in total. The Kier molecular flexibility index (Phi) is 5.61. The predicted molar refractivity (Wildman–Crippen MR) is 82.2 cm³/mol. The zero-order valence-electron chi connectivity index (χ0n) is 11.9. The molecule has 1 heterocycles. The monoisotopic (exact) mass is 355 g/mol. The minimum Gasteiger partial charge on any atom is -0.497 e. The van der Waals surface area contributed by atoms with Crippen LogP contribution in [0.15, 0.2) is 18.2 Å². The summed E-state index contributed by atoms with van der Waals surface area (Å²) in [5.41, 5.74) is 0.376. The highest BCUT2D eigenvalue weighted by Crippen LogP contribution is 2.27. The minimum atomic E-state index is -0.315. The van der Waals surface area contributed by atoms with Crippen molar-refractivity contribution < 1.29 is 19.1 Å². The Morgan fingerprint density at radius 2 is 2.10 bits per heavy atom. The van der Waals surface area contributed by atoms with Gasteiger partial charge in [0, 0.05) is 11.9 Å². The first-order chi connectivity index (χ1) is 10.2. The molecule has 0 aromatic heterocycles. The normalized spacial score (nSPS) is 14.5. The number of rotatable bonds is 6. The van der Waals surface area contributed by atoms with E-state index in [-0.39, 0.29) is 18.4 Å². The molecule has 0 atom stereocenters. The number of hydrogen-bond donors (Lipinski definition) is 0. The van der Waals surface area contributed by atoms with Gasteiger partial charge in [0.2, 0.25) is 0 Å². The Balaban J connectivity index is 2.17. The fourth-order valence-corrected chi connectivity index (χ4v) is 2.57. The smallest absolute Gasteiger partial charge is 0.267 e. The van der Waals surface area contributed by atoms with E-state index in [1.165, 1.54) is 12.0 Å². The van der Waals surface area contributed by atoms with Gasteiger partial charge >= 0.3 is 0 Å². The van der Waals surface area contributed by atoms with E-state index >= 15 is 0 Å². The number of hydrogen-bond acceptors (Lipinski definition) is 4. The van der Waals surface area contributed by atoms with Crippen LogP contribution in [0.25, 0.3) is 0 Å². The van der Waals surface area contributed by atoms with Crippen molar-refractivity contribution in [2.24, 2.45) is 0 Å². The zero-order valence-corrected chi connectivity index (χ0v) is 13.5. The van der Waals surface area contributed by atoms with Crippen LogP contribution in [-0.2, 0) is 4.79 Å². The van der Waals surface area contributed by atoms with Crippen LogP contribution >= 0.6 is 15.9 Å². The molecule has 0 spiro atoms. The molecule has 0 unspecified atom stereocenters. The Hall–Kier alpha value is -1.56. The molecule has 0 radical (unpaired) electrons. The number of methoxy groups -OCH3 is 1. The van der Waals surface area contributed by atoms with E-state index in [1.807, 2.05) is 0 Å². The van der Waals surface area contributed by atoms with Gasteiger partial charge in [0.25, 0.3) is 11.8 Å². The molecule has 5 nitrogen and oxygen atoms in total. The second-order valence-electron chi connectivity index (χ2n) is 4.75. The van der Waals surface area contributed by atoms with Crippen molar-refractivity contribution in [3.8, 4) is 11.5 Å². The van der Waals surface area contributed by atoms with E-state index in [2.05, 4.69) is 15.9 Å². The van der Waals surface area contributed by atoms with Gasteiger partial charge in [-0.15, -0.1) is 0 Å². The lowest BCUT2D eigenvalue weighted by Crippen LogP contribution is -2.38. The topological polar surface area (TPSA) is 55.8 Å². The van der Waals surface area contributed by atoms with Crippen LogP contribution in [0.4, 0.5) is 0 Å². The quantitative estimate of drug-likeness (QED) is 0.447. The average Bonchev–Trinajstić information content (AvgIpc) is 2.62. The van der Waals surface area contributed by atoms with Gasteiger partial charge in [-0.3, -0.25) is 14.5 Å². The summed E-state index contributed by atoms with van der Waals surface area (Å²) < 4.78 is 10.5. The molecule has 0 bridgehead atoms. The number of ether oxygens (including phenoxy) is 2. The summed E-state index contributed by atoms with van der Waals surface area (Å²) >= 11 is 3.37. The van der Waals surface area contributed by atoms with Gasteiger partial charge in [-0.2, -0.15) is 0 Å². The van der Waals surface area contributed by atoms with Crippen molar-refractivity contribution in [3.63, 3.8) is 0 Å². The maximum Gasteiger partial charge on any atom is 0.267 e. The molecule has 2 rings (SSSR count). The fourth-order valence-electron chi connectivity index (χ4n) is 2.17. The summed E-state index contributed by atoms with van der Waals surface area (Å²) in [5, 5.41) is 0.929. The predicted octanol–water partition coefficient (Wildman–Crippen LogP) is 2.62. The first-order valence-corrected chi connectivity index (χ1v) is 8.01. The molecule has 0 fully saturated rings. The summed E-state index contributed by atoms with van der Waals surface area (Å²) in [5.74, 6) is 0.385. The van der Waals surface area contributed by atoms with E-state index in [1.54, 1.807) is 18.2 Å². The third-order valence-electron chi connectivity index (χ3n) is 3.33. The van der Waals surface area contributed by atoms with Gasteiger partial charge in [0.1, 0.15) is 11.5 Å². The highest BCUT2D eigenvalue weighted by Gasteiger charge is 2.29. The Bertz CT molecular complexity index is 532. The number of unbranched alkanes of at least 4 members (excludes halogenated alkanes) is 2. The molecule has 0 aliphatic carbocycles. The lowest BCUT2D eigenvalue weighted by atomic mass is 10.1. The van der Waals surface area contributed by atoms with Crippen LogP contribution < -0.4 is 9.47 Å². The SMILES string of the molecule is COc1ccc2c(c1)C(=O)N(CCCCCBr)C(=O)CO2. The molecule has 2 amide bonds. The number of imide groups is 1. The van der Waals surface area contributed by atoms with E-state index in [0.717, 1.165) is 24.6 Å². The molecular weight excluding hydrogens is 338 g/mol. The summed E-state index contributed by atoms with van der Waals surface area (Å²) in [6.45, 7) is 0.314. The summed E-state index contributed by atoms with van der Waals surface area (Å²) in [4.78, 5) is 25.9. The van der Waals surface area contributed by atoms with E-state index in [4.69, 9.17) is 9.47 Å². The minimum absolute atomic E-state index is 0.108.